The summed E-state index contributed by atoms with van der Waals surface area (Å²) < 4.78 is 50.8. The lowest BCUT2D eigenvalue weighted by atomic mass is 9.74. The van der Waals surface area contributed by atoms with Crippen LogP contribution < -0.4 is 5.32 Å². The standard InChI is InChI=1S/C30H37F3N6O2S/c1-4-42-27-11-21(29(16-41-17-29)12-26-36-34-18-37(26)3)10-25(35-27)39-15-23-22(28(39)40)8-20(9-24(23)30(31,32)33)14-38-7-5-6-19(2)13-38/h8-11,18-19,25,35H,4-7,12-17H2,1-3H3/t19-,25?/m0/s1. The first-order chi connectivity index (χ1) is 20.1. The Labute approximate surface area is 248 Å². The molecular weight excluding hydrogens is 565 g/mol. The first-order valence-corrected chi connectivity index (χ1v) is 15.5. The quantitative estimate of drug-likeness (QED) is 0.468. The van der Waals surface area contributed by atoms with Gasteiger partial charge in [0.2, 0.25) is 0 Å². The van der Waals surface area contributed by atoms with Gasteiger partial charge >= 0.3 is 6.18 Å². The third-order valence-electron chi connectivity index (χ3n) is 8.80. The number of nitrogens with one attached hydrogen (secondary N) is 1. The number of piperidine rings is 1. The average molecular weight is 603 g/mol. The summed E-state index contributed by atoms with van der Waals surface area (Å²) in [6.07, 6.45) is 3.33. The van der Waals surface area contributed by atoms with Crippen molar-refractivity contribution in [1.82, 2.24) is 29.9 Å². The summed E-state index contributed by atoms with van der Waals surface area (Å²) in [5.41, 5.74) is 0.680. The van der Waals surface area contributed by atoms with Crippen molar-refractivity contribution in [3.63, 3.8) is 0 Å². The minimum atomic E-state index is -4.56. The van der Waals surface area contributed by atoms with Gasteiger partial charge in [-0.3, -0.25) is 9.69 Å². The highest BCUT2D eigenvalue weighted by Crippen LogP contribution is 2.44. The fourth-order valence-corrected chi connectivity index (χ4v) is 7.29. The number of likely N-dealkylation sites (tertiary alicyclic amines) is 1. The lowest BCUT2D eigenvalue weighted by Gasteiger charge is -2.45. The number of carbonyl (C=O) groups is 1. The van der Waals surface area contributed by atoms with Crippen LogP contribution in [0.1, 0.15) is 59.6 Å². The normalized spacial score (nSPS) is 24.1. The van der Waals surface area contributed by atoms with Crippen molar-refractivity contribution in [3.05, 3.63) is 69.3 Å². The summed E-state index contributed by atoms with van der Waals surface area (Å²) in [5.74, 6) is 1.75. The fourth-order valence-electron chi connectivity index (χ4n) is 6.56. The van der Waals surface area contributed by atoms with E-state index in [1.165, 1.54) is 11.0 Å². The molecular formula is C30H37F3N6O2S. The third-order valence-corrected chi connectivity index (χ3v) is 9.64. The number of fused-ring (bicyclic) bond motifs is 1. The first-order valence-electron chi connectivity index (χ1n) is 14.6. The van der Waals surface area contributed by atoms with Crippen LogP contribution in [0.4, 0.5) is 13.2 Å². The van der Waals surface area contributed by atoms with Gasteiger partial charge in [0.05, 0.1) is 23.8 Å². The number of benzene rings is 1. The Kier molecular flexibility index (Phi) is 7.90. The van der Waals surface area contributed by atoms with Gasteiger partial charge in [0.1, 0.15) is 18.3 Å². The zero-order valence-electron chi connectivity index (χ0n) is 24.2. The first kappa shape index (κ1) is 29.3. The van der Waals surface area contributed by atoms with Gasteiger partial charge in [-0.15, -0.1) is 22.0 Å². The van der Waals surface area contributed by atoms with Crippen LogP contribution in [0.25, 0.3) is 0 Å². The monoisotopic (exact) mass is 602 g/mol. The molecule has 2 saturated heterocycles. The molecule has 1 unspecified atom stereocenters. The van der Waals surface area contributed by atoms with Crippen molar-refractivity contribution < 1.29 is 22.7 Å². The molecule has 1 N–H and O–H groups in total. The van der Waals surface area contributed by atoms with Crippen molar-refractivity contribution in [2.45, 2.75) is 58.5 Å². The van der Waals surface area contributed by atoms with E-state index in [4.69, 9.17) is 4.74 Å². The summed E-state index contributed by atoms with van der Waals surface area (Å²) in [6, 6.07) is 2.94. The number of hydrogen-bond acceptors (Lipinski definition) is 7. The van der Waals surface area contributed by atoms with Crippen LogP contribution in [0, 0.1) is 11.3 Å². The predicted molar refractivity (Wildman–Crippen MR) is 154 cm³/mol. The second-order valence-corrected chi connectivity index (χ2v) is 13.3. The smallest absolute Gasteiger partial charge is 0.379 e. The van der Waals surface area contributed by atoms with Crippen LogP contribution in [0.15, 0.2) is 41.2 Å². The van der Waals surface area contributed by atoms with E-state index >= 15 is 0 Å². The Hall–Kier alpha value is -2.83. The molecule has 1 aromatic carbocycles. The van der Waals surface area contributed by atoms with Gasteiger partial charge in [-0.2, -0.15) is 13.2 Å². The second-order valence-electron chi connectivity index (χ2n) is 12.0. The number of dihydropyridines is 1. The number of alkyl halides is 3. The Morgan fingerprint density at radius 2 is 2.07 bits per heavy atom. The number of aryl methyl sites for hydroxylation is 1. The van der Waals surface area contributed by atoms with Crippen LogP contribution in [0.2, 0.25) is 0 Å². The molecule has 226 valence electrons. The van der Waals surface area contributed by atoms with Crippen molar-refractivity contribution >= 4 is 17.7 Å². The fraction of sp³-hybridized carbons (Fsp3) is 0.567. The number of halogens is 3. The van der Waals surface area contributed by atoms with Crippen LogP contribution in [-0.2, 0) is 37.5 Å². The van der Waals surface area contributed by atoms with Gasteiger partial charge in [0.15, 0.2) is 0 Å². The Morgan fingerprint density at radius 3 is 2.71 bits per heavy atom. The highest BCUT2D eigenvalue weighted by Gasteiger charge is 2.46. The highest BCUT2D eigenvalue weighted by atomic mass is 32.2. The molecule has 5 heterocycles. The Morgan fingerprint density at radius 1 is 1.26 bits per heavy atom. The number of hydrogen-bond donors (Lipinski definition) is 1. The van der Waals surface area contributed by atoms with Crippen LogP contribution in [0.3, 0.4) is 0 Å². The van der Waals surface area contributed by atoms with Crippen molar-refractivity contribution in [2.75, 3.05) is 32.1 Å². The zero-order valence-corrected chi connectivity index (χ0v) is 25.0. The van der Waals surface area contributed by atoms with E-state index in [0.29, 0.717) is 37.7 Å². The number of nitrogens with zero attached hydrogens (tertiary/aromatic N) is 5. The summed E-state index contributed by atoms with van der Waals surface area (Å²) in [7, 11) is 1.90. The molecule has 12 heteroatoms. The number of ether oxygens (including phenoxy) is 1. The molecule has 4 aliphatic rings. The minimum absolute atomic E-state index is 0.0556. The van der Waals surface area contributed by atoms with Gasteiger partial charge in [0, 0.05) is 44.1 Å². The van der Waals surface area contributed by atoms with Crippen LogP contribution in [0.5, 0.6) is 0 Å². The largest absolute Gasteiger partial charge is 0.416 e. The second kappa shape index (κ2) is 11.3. The van der Waals surface area contributed by atoms with E-state index < -0.39 is 17.9 Å². The summed E-state index contributed by atoms with van der Waals surface area (Å²) in [6.45, 7) is 7.19. The van der Waals surface area contributed by atoms with Crippen LogP contribution in [-0.4, -0.2) is 68.7 Å². The average Bonchev–Trinajstić information content (AvgIpc) is 3.47. The SMILES string of the molecule is CCSC1=CC(C2(Cc3nncn3C)COC2)=CC(N2Cc3c(cc(CN4CCC[C@H](C)C4)cc3C(F)(F)F)C2=O)N1. The lowest BCUT2D eigenvalue weighted by molar-refractivity contribution is -0.138. The molecule has 0 spiro atoms. The van der Waals surface area contributed by atoms with E-state index in [-0.39, 0.29) is 29.0 Å². The summed E-state index contributed by atoms with van der Waals surface area (Å²) >= 11 is 1.61. The number of rotatable bonds is 8. The molecule has 1 amide bonds. The molecule has 6 rings (SSSR count). The molecule has 0 bridgehead atoms. The van der Waals surface area contributed by atoms with Crippen molar-refractivity contribution in [3.8, 4) is 0 Å². The number of amides is 1. The van der Waals surface area contributed by atoms with Crippen LogP contribution >= 0.6 is 11.8 Å². The highest BCUT2D eigenvalue weighted by molar-refractivity contribution is 8.03. The maximum atomic E-state index is 14.4. The minimum Gasteiger partial charge on any atom is -0.379 e. The van der Waals surface area contributed by atoms with Gasteiger partial charge in [-0.25, -0.2) is 0 Å². The summed E-state index contributed by atoms with van der Waals surface area (Å²) in [5, 5.41) is 12.6. The van der Waals surface area contributed by atoms with E-state index in [1.807, 2.05) is 24.6 Å². The Balaban J connectivity index is 1.32. The number of thioether (sulfide) groups is 1. The zero-order chi connectivity index (χ0) is 29.6. The maximum absolute atomic E-state index is 14.4. The van der Waals surface area contributed by atoms with E-state index in [1.54, 1.807) is 24.2 Å². The molecule has 0 saturated carbocycles. The molecule has 1 aromatic heterocycles. The number of carbonyl (C=O) groups excluding carboxylic acids is 1. The van der Waals surface area contributed by atoms with E-state index in [0.717, 1.165) is 48.1 Å². The van der Waals surface area contributed by atoms with Gasteiger partial charge in [-0.1, -0.05) is 13.8 Å². The number of allylic oxidation sites excluding steroid dienone is 1. The summed E-state index contributed by atoms with van der Waals surface area (Å²) in [4.78, 5) is 17.6. The van der Waals surface area contributed by atoms with E-state index in [9.17, 15) is 18.0 Å². The lowest BCUT2D eigenvalue weighted by Crippen LogP contribution is -2.50. The van der Waals surface area contributed by atoms with E-state index in [2.05, 4.69) is 33.4 Å². The van der Waals surface area contributed by atoms with Crippen molar-refractivity contribution in [2.24, 2.45) is 18.4 Å². The van der Waals surface area contributed by atoms with Gasteiger partial charge < -0.3 is 19.5 Å². The molecule has 42 heavy (non-hydrogen) atoms. The van der Waals surface area contributed by atoms with Gasteiger partial charge in [-0.05, 0) is 72.0 Å². The number of aromatic nitrogens is 3. The molecule has 4 aliphatic heterocycles. The molecule has 0 aliphatic carbocycles. The topological polar surface area (TPSA) is 75.5 Å². The van der Waals surface area contributed by atoms with Gasteiger partial charge in [0.25, 0.3) is 5.91 Å². The predicted octanol–water partition coefficient (Wildman–Crippen LogP) is 4.73. The molecule has 2 atom stereocenters. The van der Waals surface area contributed by atoms with Crippen molar-refractivity contribution in [1.29, 1.82) is 0 Å². The molecule has 2 fully saturated rings. The molecule has 8 nitrogen and oxygen atoms in total. The molecule has 0 radical (unpaired) electrons. The third kappa shape index (κ3) is 5.60. The Bertz CT molecular complexity index is 1420. The maximum Gasteiger partial charge on any atom is 0.416 e. The molecule has 2 aromatic rings.